The quantitative estimate of drug-likeness (QED) is 0.564. The lowest BCUT2D eigenvalue weighted by Gasteiger charge is -2.00. The molecule has 1 aromatic rings. The molecule has 0 unspecified atom stereocenters. The summed E-state index contributed by atoms with van der Waals surface area (Å²) in [5, 5.41) is 19.0. The molecule has 72 valence electrons. The first-order chi connectivity index (χ1) is 6.75. The molecule has 14 heavy (non-hydrogen) atoms. The number of benzene rings is 1. The molecule has 0 radical (unpaired) electrons. The van der Waals surface area contributed by atoms with E-state index in [2.05, 4.69) is 6.58 Å². The fourth-order valence-electron chi connectivity index (χ4n) is 0.982. The van der Waals surface area contributed by atoms with Crippen LogP contribution in [0.25, 0.3) is 5.76 Å². The standard InChI is InChI=1S/C12H12O2/c1-2-3-9-11(13)12(14)10-7-5-4-6-8-10/h2-9,13-14H,1H2. The molecule has 2 N–H and O–H groups in total. The second-order valence-electron chi connectivity index (χ2n) is 2.69. The normalized spacial score (nSPS) is 12.6. The van der Waals surface area contributed by atoms with Crippen molar-refractivity contribution < 1.29 is 10.2 Å². The summed E-state index contributed by atoms with van der Waals surface area (Å²) in [5.74, 6) is -0.306. The monoisotopic (exact) mass is 188 g/mol. The number of hydrogen-bond donors (Lipinski definition) is 2. The molecule has 0 spiro atoms. The topological polar surface area (TPSA) is 40.5 Å². The number of aliphatic hydroxyl groups is 2. The van der Waals surface area contributed by atoms with E-state index in [1.54, 1.807) is 30.3 Å². The average molecular weight is 188 g/mol. The number of aliphatic hydroxyl groups excluding tert-OH is 2. The van der Waals surface area contributed by atoms with Crippen molar-refractivity contribution >= 4 is 5.76 Å². The summed E-state index contributed by atoms with van der Waals surface area (Å²) in [6.07, 6.45) is 4.46. The van der Waals surface area contributed by atoms with Crippen LogP contribution in [0.5, 0.6) is 0 Å². The maximum atomic E-state index is 9.56. The molecule has 1 rings (SSSR count). The van der Waals surface area contributed by atoms with Crippen LogP contribution in [0.3, 0.4) is 0 Å². The highest BCUT2D eigenvalue weighted by Crippen LogP contribution is 2.14. The summed E-state index contributed by atoms with van der Waals surface area (Å²) in [6.45, 7) is 3.46. The highest BCUT2D eigenvalue weighted by atomic mass is 16.3. The van der Waals surface area contributed by atoms with Crippen molar-refractivity contribution in [2.45, 2.75) is 0 Å². The van der Waals surface area contributed by atoms with Gasteiger partial charge in [-0.2, -0.15) is 0 Å². The van der Waals surface area contributed by atoms with Crippen molar-refractivity contribution in [1.82, 2.24) is 0 Å². The molecule has 0 bridgehead atoms. The molecule has 0 saturated heterocycles. The Hall–Kier alpha value is -1.96. The van der Waals surface area contributed by atoms with Gasteiger partial charge in [-0.15, -0.1) is 0 Å². The Morgan fingerprint density at radius 2 is 1.79 bits per heavy atom. The first-order valence-electron chi connectivity index (χ1n) is 4.22. The Morgan fingerprint density at radius 3 is 2.36 bits per heavy atom. The van der Waals surface area contributed by atoms with Crippen LogP contribution in [0.15, 0.2) is 60.9 Å². The van der Waals surface area contributed by atoms with Crippen molar-refractivity contribution in [2.75, 3.05) is 0 Å². The molecule has 1 aromatic carbocycles. The van der Waals surface area contributed by atoms with Crippen LogP contribution in [0.4, 0.5) is 0 Å². The van der Waals surface area contributed by atoms with Gasteiger partial charge in [-0.05, 0) is 6.08 Å². The van der Waals surface area contributed by atoms with Gasteiger partial charge in [-0.25, -0.2) is 0 Å². The zero-order chi connectivity index (χ0) is 10.4. The Kier molecular flexibility index (Phi) is 3.56. The van der Waals surface area contributed by atoms with Gasteiger partial charge in [-0.1, -0.05) is 49.1 Å². The molecular formula is C12H12O2. The van der Waals surface area contributed by atoms with E-state index >= 15 is 0 Å². The van der Waals surface area contributed by atoms with Gasteiger partial charge in [0.1, 0.15) is 0 Å². The Balaban J connectivity index is 2.98. The minimum Gasteiger partial charge on any atom is -0.504 e. The minimum atomic E-state index is -0.170. The first kappa shape index (κ1) is 10.1. The zero-order valence-corrected chi connectivity index (χ0v) is 7.72. The maximum absolute atomic E-state index is 9.56. The Morgan fingerprint density at radius 1 is 1.14 bits per heavy atom. The van der Waals surface area contributed by atoms with E-state index in [-0.39, 0.29) is 11.5 Å². The van der Waals surface area contributed by atoms with E-state index in [1.165, 1.54) is 12.2 Å². The summed E-state index contributed by atoms with van der Waals surface area (Å²) in [6, 6.07) is 8.85. The second-order valence-corrected chi connectivity index (χ2v) is 2.69. The molecule has 0 aliphatic carbocycles. The number of rotatable bonds is 3. The van der Waals surface area contributed by atoms with Gasteiger partial charge >= 0.3 is 0 Å². The van der Waals surface area contributed by atoms with Crippen LogP contribution >= 0.6 is 0 Å². The Bertz CT molecular complexity index is 361. The summed E-state index contributed by atoms with van der Waals surface area (Å²) in [5.41, 5.74) is 0.582. The summed E-state index contributed by atoms with van der Waals surface area (Å²) < 4.78 is 0. The molecule has 0 atom stereocenters. The highest BCUT2D eigenvalue weighted by molar-refractivity contribution is 5.62. The van der Waals surface area contributed by atoms with E-state index in [9.17, 15) is 10.2 Å². The lowest BCUT2D eigenvalue weighted by Crippen LogP contribution is -1.87. The van der Waals surface area contributed by atoms with Crippen molar-refractivity contribution in [2.24, 2.45) is 0 Å². The van der Waals surface area contributed by atoms with Crippen molar-refractivity contribution in [3.05, 3.63) is 66.5 Å². The molecule has 0 aliphatic rings. The van der Waals surface area contributed by atoms with E-state index in [4.69, 9.17) is 0 Å². The summed E-state index contributed by atoms with van der Waals surface area (Å²) in [7, 11) is 0. The predicted molar refractivity (Wildman–Crippen MR) is 58.0 cm³/mol. The highest BCUT2D eigenvalue weighted by Gasteiger charge is 2.02. The smallest absolute Gasteiger partial charge is 0.164 e. The largest absolute Gasteiger partial charge is 0.504 e. The number of hydrogen-bond acceptors (Lipinski definition) is 2. The predicted octanol–water partition coefficient (Wildman–Crippen LogP) is 3.21. The Labute approximate surface area is 83.1 Å². The fourth-order valence-corrected chi connectivity index (χ4v) is 0.982. The summed E-state index contributed by atoms with van der Waals surface area (Å²) >= 11 is 0. The van der Waals surface area contributed by atoms with Crippen LogP contribution in [0, 0.1) is 0 Å². The second kappa shape index (κ2) is 4.92. The van der Waals surface area contributed by atoms with E-state index in [1.807, 2.05) is 6.07 Å². The maximum Gasteiger partial charge on any atom is 0.164 e. The van der Waals surface area contributed by atoms with Gasteiger partial charge < -0.3 is 10.2 Å². The molecule has 0 aromatic heterocycles. The first-order valence-corrected chi connectivity index (χ1v) is 4.22. The minimum absolute atomic E-state index is 0.135. The van der Waals surface area contributed by atoms with E-state index < -0.39 is 0 Å². The van der Waals surface area contributed by atoms with Gasteiger partial charge in [-0.3, -0.25) is 0 Å². The van der Waals surface area contributed by atoms with Crippen LogP contribution < -0.4 is 0 Å². The molecule has 2 heteroatoms. The van der Waals surface area contributed by atoms with Crippen LogP contribution in [0.1, 0.15) is 5.56 Å². The van der Waals surface area contributed by atoms with Gasteiger partial charge in [0.15, 0.2) is 11.5 Å². The third kappa shape index (κ3) is 2.52. The lowest BCUT2D eigenvalue weighted by molar-refractivity contribution is 0.398. The van der Waals surface area contributed by atoms with E-state index in [0.717, 1.165) is 0 Å². The van der Waals surface area contributed by atoms with E-state index in [0.29, 0.717) is 5.56 Å². The summed E-state index contributed by atoms with van der Waals surface area (Å²) in [4.78, 5) is 0. The molecule has 0 saturated carbocycles. The third-order valence-corrected chi connectivity index (χ3v) is 1.68. The zero-order valence-electron chi connectivity index (χ0n) is 7.72. The number of allylic oxidation sites excluding steroid dienone is 3. The van der Waals surface area contributed by atoms with Gasteiger partial charge in [0, 0.05) is 5.56 Å². The van der Waals surface area contributed by atoms with Crippen LogP contribution in [-0.2, 0) is 0 Å². The van der Waals surface area contributed by atoms with Gasteiger partial charge in [0.25, 0.3) is 0 Å². The molecule has 0 aliphatic heterocycles. The SMILES string of the molecule is C=CC=CC(O)=C(O)c1ccccc1. The molecule has 0 fully saturated rings. The molecule has 0 amide bonds. The van der Waals surface area contributed by atoms with Crippen molar-refractivity contribution in [3.63, 3.8) is 0 Å². The molecular weight excluding hydrogens is 176 g/mol. The lowest BCUT2D eigenvalue weighted by atomic mass is 10.1. The van der Waals surface area contributed by atoms with Gasteiger partial charge in [0.2, 0.25) is 0 Å². The third-order valence-electron chi connectivity index (χ3n) is 1.68. The van der Waals surface area contributed by atoms with Crippen LogP contribution in [-0.4, -0.2) is 10.2 Å². The molecule has 0 heterocycles. The van der Waals surface area contributed by atoms with Crippen LogP contribution in [0.2, 0.25) is 0 Å². The van der Waals surface area contributed by atoms with Crippen molar-refractivity contribution in [3.8, 4) is 0 Å². The fraction of sp³-hybridized carbons (Fsp3) is 0. The molecule has 2 nitrogen and oxygen atoms in total. The van der Waals surface area contributed by atoms with Crippen molar-refractivity contribution in [1.29, 1.82) is 0 Å². The average Bonchev–Trinajstić information content (AvgIpc) is 2.26. The van der Waals surface area contributed by atoms with Gasteiger partial charge in [0.05, 0.1) is 0 Å².